The van der Waals surface area contributed by atoms with E-state index in [2.05, 4.69) is 0 Å². The molecule has 5 nitrogen and oxygen atoms in total. The predicted octanol–water partition coefficient (Wildman–Crippen LogP) is 0.925. The molecule has 0 aliphatic carbocycles. The second kappa shape index (κ2) is 3.65. The zero-order chi connectivity index (χ0) is 9.84. The van der Waals surface area contributed by atoms with Crippen LogP contribution in [0.3, 0.4) is 0 Å². The quantitative estimate of drug-likeness (QED) is 0.537. The van der Waals surface area contributed by atoms with Gasteiger partial charge in [-0.1, -0.05) is 6.07 Å². The van der Waals surface area contributed by atoms with Crippen molar-refractivity contribution >= 4 is 5.69 Å². The maximum Gasteiger partial charge on any atom is 0.287 e. The van der Waals surface area contributed by atoms with Crippen LogP contribution >= 0.6 is 0 Å². The van der Waals surface area contributed by atoms with E-state index >= 15 is 0 Å². The van der Waals surface area contributed by atoms with Crippen LogP contribution in [0, 0.1) is 21.4 Å². The Bertz CT molecular complexity index is 381. The summed E-state index contributed by atoms with van der Waals surface area (Å²) in [6.45, 7) is 0.229. The zero-order valence-electron chi connectivity index (χ0n) is 6.73. The Hall–Kier alpha value is -1.93. The van der Waals surface area contributed by atoms with E-state index in [0.29, 0.717) is 5.56 Å². The van der Waals surface area contributed by atoms with Gasteiger partial charge in [-0.05, 0) is 11.6 Å². The Balaban J connectivity index is 3.28. The van der Waals surface area contributed by atoms with Gasteiger partial charge >= 0.3 is 0 Å². The number of nitro benzene ring substituents is 1. The van der Waals surface area contributed by atoms with Gasteiger partial charge in [-0.3, -0.25) is 10.1 Å². The monoisotopic (exact) mass is 177 g/mol. The SMILES string of the molecule is N#Cc1ccc(CN)cc1[N+](=O)[O-]. The van der Waals surface area contributed by atoms with Crippen LogP contribution in [0.4, 0.5) is 5.69 Å². The number of hydrogen-bond donors (Lipinski definition) is 1. The van der Waals surface area contributed by atoms with Gasteiger partial charge in [-0.25, -0.2) is 0 Å². The molecule has 66 valence electrons. The van der Waals surface area contributed by atoms with Crippen LogP contribution in [0.2, 0.25) is 0 Å². The number of nitro groups is 1. The minimum atomic E-state index is -0.586. The molecule has 0 unspecified atom stereocenters. The maximum absolute atomic E-state index is 10.5. The third-order valence-corrected chi connectivity index (χ3v) is 1.61. The lowest BCUT2D eigenvalue weighted by Crippen LogP contribution is -1.99. The molecule has 0 aliphatic heterocycles. The molecular formula is C8H7N3O2. The third-order valence-electron chi connectivity index (χ3n) is 1.61. The van der Waals surface area contributed by atoms with Crippen molar-refractivity contribution in [2.45, 2.75) is 6.54 Å². The molecule has 0 heterocycles. The number of benzene rings is 1. The normalized spacial score (nSPS) is 9.23. The summed E-state index contributed by atoms with van der Waals surface area (Å²) in [5.74, 6) is 0. The molecule has 0 saturated heterocycles. The fourth-order valence-electron chi connectivity index (χ4n) is 0.950. The molecule has 13 heavy (non-hydrogen) atoms. The molecular weight excluding hydrogens is 170 g/mol. The van der Waals surface area contributed by atoms with Crippen LogP contribution in [-0.2, 0) is 6.54 Å². The second-order valence-corrected chi connectivity index (χ2v) is 2.42. The van der Waals surface area contributed by atoms with Gasteiger partial charge < -0.3 is 5.73 Å². The Kier molecular flexibility index (Phi) is 2.57. The Morgan fingerprint density at radius 2 is 2.31 bits per heavy atom. The van der Waals surface area contributed by atoms with Crippen LogP contribution in [-0.4, -0.2) is 4.92 Å². The van der Waals surface area contributed by atoms with Gasteiger partial charge in [0.15, 0.2) is 0 Å². The first-order valence-electron chi connectivity index (χ1n) is 3.56. The van der Waals surface area contributed by atoms with Crippen LogP contribution in [0.25, 0.3) is 0 Å². The third kappa shape index (κ3) is 1.80. The maximum atomic E-state index is 10.5. The molecule has 0 atom stereocenters. The van der Waals surface area contributed by atoms with Gasteiger partial charge in [0.1, 0.15) is 11.6 Å². The van der Waals surface area contributed by atoms with Crippen molar-refractivity contribution in [1.29, 1.82) is 5.26 Å². The Morgan fingerprint density at radius 1 is 1.62 bits per heavy atom. The summed E-state index contributed by atoms with van der Waals surface area (Å²) in [7, 11) is 0. The minimum Gasteiger partial charge on any atom is -0.326 e. The van der Waals surface area contributed by atoms with Crippen molar-refractivity contribution in [1.82, 2.24) is 0 Å². The summed E-state index contributed by atoms with van der Waals surface area (Å²) >= 11 is 0. The molecule has 2 N–H and O–H groups in total. The summed E-state index contributed by atoms with van der Waals surface area (Å²) in [6, 6.07) is 6.07. The van der Waals surface area contributed by atoms with Crippen LogP contribution in [0.5, 0.6) is 0 Å². The lowest BCUT2D eigenvalue weighted by Gasteiger charge is -1.97. The first-order chi connectivity index (χ1) is 6.19. The molecule has 0 spiro atoms. The van der Waals surface area contributed by atoms with E-state index in [-0.39, 0.29) is 17.8 Å². The minimum absolute atomic E-state index is 0.0576. The van der Waals surface area contributed by atoms with Gasteiger partial charge in [0.2, 0.25) is 0 Å². The number of nitrogens with two attached hydrogens (primary N) is 1. The number of nitrogens with zero attached hydrogens (tertiary/aromatic N) is 2. The van der Waals surface area contributed by atoms with Gasteiger partial charge in [-0.2, -0.15) is 5.26 Å². The highest BCUT2D eigenvalue weighted by Crippen LogP contribution is 2.18. The fourth-order valence-corrected chi connectivity index (χ4v) is 0.950. The van der Waals surface area contributed by atoms with Crippen LogP contribution in [0.1, 0.15) is 11.1 Å². The Labute approximate surface area is 74.5 Å². The van der Waals surface area contributed by atoms with E-state index in [0.717, 1.165) is 0 Å². The molecule has 0 aromatic heterocycles. The lowest BCUT2D eigenvalue weighted by molar-refractivity contribution is -0.385. The number of nitriles is 1. The predicted molar refractivity (Wildman–Crippen MR) is 45.7 cm³/mol. The van der Waals surface area contributed by atoms with Crippen LogP contribution in [0.15, 0.2) is 18.2 Å². The van der Waals surface area contributed by atoms with E-state index in [1.807, 2.05) is 0 Å². The standard InChI is InChI=1S/C8H7N3O2/c9-4-6-1-2-7(5-10)8(3-6)11(12)13/h1-3H,4,9H2. The molecule has 0 bridgehead atoms. The van der Waals surface area contributed by atoms with Crippen molar-refractivity contribution < 1.29 is 4.92 Å². The first-order valence-corrected chi connectivity index (χ1v) is 3.56. The van der Waals surface area contributed by atoms with E-state index in [4.69, 9.17) is 11.0 Å². The molecule has 0 saturated carbocycles. The molecule has 0 aliphatic rings. The molecule has 0 radical (unpaired) electrons. The van der Waals surface area contributed by atoms with Gasteiger partial charge in [-0.15, -0.1) is 0 Å². The van der Waals surface area contributed by atoms with Gasteiger partial charge in [0.05, 0.1) is 4.92 Å². The molecule has 1 aromatic carbocycles. The smallest absolute Gasteiger partial charge is 0.287 e. The van der Waals surface area contributed by atoms with Crippen molar-refractivity contribution in [2.24, 2.45) is 5.73 Å². The van der Waals surface area contributed by atoms with Gasteiger partial charge in [0.25, 0.3) is 5.69 Å². The lowest BCUT2D eigenvalue weighted by atomic mass is 10.1. The van der Waals surface area contributed by atoms with Crippen molar-refractivity contribution in [3.63, 3.8) is 0 Å². The fraction of sp³-hybridized carbons (Fsp3) is 0.125. The van der Waals surface area contributed by atoms with Crippen LogP contribution < -0.4 is 5.73 Å². The molecule has 0 fully saturated rings. The Morgan fingerprint density at radius 3 is 2.77 bits per heavy atom. The topological polar surface area (TPSA) is 93.0 Å². The molecule has 1 aromatic rings. The summed E-state index contributed by atoms with van der Waals surface area (Å²) in [5.41, 5.74) is 5.82. The first kappa shape index (κ1) is 9.16. The summed E-state index contributed by atoms with van der Waals surface area (Å²) in [6.07, 6.45) is 0. The van der Waals surface area contributed by atoms with E-state index in [1.165, 1.54) is 12.1 Å². The summed E-state index contributed by atoms with van der Waals surface area (Å²) in [4.78, 5) is 9.88. The molecule has 5 heteroatoms. The molecule has 1 rings (SSSR count). The van der Waals surface area contributed by atoms with Crippen molar-refractivity contribution in [3.05, 3.63) is 39.4 Å². The second-order valence-electron chi connectivity index (χ2n) is 2.42. The van der Waals surface area contributed by atoms with E-state index in [9.17, 15) is 10.1 Å². The number of hydrogen-bond acceptors (Lipinski definition) is 4. The number of rotatable bonds is 2. The molecule has 0 amide bonds. The highest BCUT2D eigenvalue weighted by molar-refractivity contribution is 5.50. The van der Waals surface area contributed by atoms with E-state index in [1.54, 1.807) is 12.1 Å². The highest BCUT2D eigenvalue weighted by atomic mass is 16.6. The highest BCUT2D eigenvalue weighted by Gasteiger charge is 2.13. The van der Waals surface area contributed by atoms with E-state index < -0.39 is 4.92 Å². The van der Waals surface area contributed by atoms with Crippen molar-refractivity contribution in [3.8, 4) is 6.07 Å². The zero-order valence-corrected chi connectivity index (χ0v) is 6.73. The summed E-state index contributed by atoms with van der Waals surface area (Å²) < 4.78 is 0. The average molecular weight is 177 g/mol. The van der Waals surface area contributed by atoms with Crippen molar-refractivity contribution in [2.75, 3.05) is 0 Å². The van der Waals surface area contributed by atoms with Gasteiger partial charge in [0, 0.05) is 12.6 Å². The average Bonchev–Trinajstić information content (AvgIpc) is 2.16. The largest absolute Gasteiger partial charge is 0.326 e. The summed E-state index contributed by atoms with van der Waals surface area (Å²) in [5, 5.41) is 19.0.